The standard InChI is InChI=1S/C12H18N2O2S/c13-12-3-1-2-11(10-12)4-5-14-6-8-17(15,16)9-7-14/h1-3,10H,4-9,13H2. The Hall–Kier alpha value is -1.07. The van der Waals surface area contributed by atoms with E-state index in [0.717, 1.165) is 18.7 Å². The molecule has 2 rings (SSSR count). The van der Waals surface area contributed by atoms with Crippen molar-refractivity contribution in [3.8, 4) is 0 Å². The fourth-order valence-electron chi connectivity index (χ4n) is 2.01. The molecule has 0 spiro atoms. The number of rotatable bonds is 3. The summed E-state index contributed by atoms with van der Waals surface area (Å²) in [5, 5.41) is 0. The maximum atomic E-state index is 11.3. The van der Waals surface area contributed by atoms with E-state index in [1.807, 2.05) is 18.2 Å². The molecule has 0 saturated carbocycles. The van der Waals surface area contributed by atoms with Crippen LogP contribution >= 0.6 is 0 Å². The maximum Gasteiger partial charge on any atom is 0.152 e. The number of nitrogen functional groups attached to an aromatic ring is 1. The number of nitrogens with two attached hydrogens (primary N) is 1. The second-order valence-electron chi connectivity index (χ2n) is 4.49. The van der Waals surface area contributed by atoms with Crippen molar-refractivity contribution in [1.29, 1.82) is 0 Å². The third-order valence-corrected chi connectivity index (χ3v) is 4.71. The number of anilines is 1. The van der Waals surface area contributed by atoms with Crippen LogP contribution in [-0.2, 0) is 16.3 Å². The van der Waals surface area contributed by atoms with Gasteiger partial charge >= 0.3 is 0 Å². The molecular formula is C12H18N2O2S. The smallest absolute Gasteiger partial charge is 0.152 e. The molecule has 1 aromatic carbocycles. The molecule has 4 nitrogen and oxygen atoms in total. The molecule has 1 aliphatic rings. The maximum absolute atomic E-state index is 11.3. The largest absolute Gasteiger partial charge is 0.399 e. The van der Waals surface area contributed by atoms with Crippen LogP contribution in [0.5, 0.6) is 0 Å². The molecule has 0 unspecified atom stereocenters. The van der Waals surface area contributed by atoms with Gasteiger partial charge < -0.3 is 10.6 Å². The topological polar surface area (TPSA) is 63.4 Å². The zero-order valence-corrected chi connectivity index (χ0v) is 10.6. The number of sulfone groups is 1. The summed E-state index contributed by atoms with van der Waals surface area (Å²) in [6.45, 7) is 2.22. The van der Waals surface area contributed by atoms with Crippen molar-refractivity contribution in [1.82, 2.24) is 4.90 Å². The Morgan fingerprint density at radius 2 is 1.94 bits per heavy atom. The zero-order valence-electron chi connectivity index (χ0n) is 9.80. The highest BCUT2D eigenvalue weighted by atomic mass is 32.2. The normalized spacial score (nSPS) is 20.2. The van der Waals surface area contributed by atoms with Crippen LogP contribution in [0.1, 0.15) is 5.56 Å². The predicted molar refractivity (Wildman–Crippen MR) is 69.7 cm³/mol. The summed E-state index contributed by atoms with van der Waals surface area (Å²) in [5.41, 5.74) is 7.70. The first-order valence-corrected chi connectivity index (χ1v) is 7.64. The first kappa shape index (κ1) is 12.4. The molecular weight excluding hydrogens is 236 g/mol. The van der Waals surface area contributed by atoms with Crippen LogP contribution in [0.2, 0.25) is 0 Å². The lowest BCUT2D eigenvalue weighted by molar-refractivity contribution is 0.299. The molecule has 1 fully saturated rings. The highest BCUT2D eigenvalue weighted by Gasteiger charge is 2.20. The molecule has 0 atom stereocenters. The Labute approximate surface area is 102 Å². The van der Waals surface area contributed by atoms with Crippen LogP contribution in [0.4, 0.5) is 5.69 Å². The average Bonchev–Trinajstić information content (AvgIpc) is 2.28. The molecule has 5 heteroatoms. The van der Waals surface area contributed by atoms with Crippen LogP contribution in [0.15, 0.2) is 24.3 Å². The fraction of sp³-hybridized carbons (Fsp3) is 0.500. The van der Waals surface area contributed by atoms with Gasteiger partial charge in [0.25, 0.3) is 0 Å². The molecule has 1 aliphatic heterocycles. The van der Waals surface area contributed by atoms with Gasteiger partial charge in [0.05, 0.1) is 11.5 Å². The average molecular weight is 254 g/mol. The molecule has 0 bridgehead atoms. The Morgan fingerprint density at radius 1 is 1.24 bits per heavy atom. The second kappa shape index (κ2) is 5.06. The monoisotopic (exact) mass is 254 g/mol. The van der Waals surface area contributed by atoms with Crippen LogP contribution in [0, 0.1) is 0 Å². The summed E-state index contributed by atoms with van der Waals surface area (Å²) < 4.78 is 22.5. The molecule has 1 aromatic rings. The minimum atomic E-state index is -2.77. The van der Waals surface area contributed by atoms with E-state index < -0.39 is 9.84 Å². The summed E-state index contributed by atoms with van der Waals surface area (Å²) >= 11 is 0. The van der Waals surface area contributed by atoms with E-state index in [4.69, 9.17) is 5.73 Å². The van der Waals surface area contributed by atoms with Crippen LogP contribution in [0.3, 0.4) is 0 Å². The van der Waals surface area contributed by atoms with Crippen molar-refractivity contribution >= 4 is 15.5 Å². The third-order valence-electron chi connectivity index (χ3n) is 3.10. The molecule has 2 N–H and O–H groups in total. The molecule has 1 heterocycles. The van der Waals surface area contributed by atoms with Crippen LogP contribution in [0.25, 0.3) is 0 Å². The lowest BCUT2D eigenvalue weighted by Gasteiger charge is -2.26. The minimum absolute atomic E-state index is 0.296. The number of nitrogens with zero attached hydrogens (tertiary/aromatic N) is 1. The van der Waals surface area contributed by atoms with Crippen LogP contribution in [-0.4, -0.2) is 44.5 Å². The number of benzene rings is 1. The van der Waals surface area contributed by atoms with E-state index in [1.54, 1.807) is 0 Å². The summed E-state index contributed by atoms with van der Waals surface area (Å²) in [7, 11) is -2.77. The SMILES string of the molecule is Nc1cccc(CCN2CCS(=O)(=O)CC2)c1. The van der Waals surface area contributed by atoms with Gasteiger partial charge in [-0.05, 0) is 24.1 Å². The molecule has 0 amide bonds. The summed E-state index contributed by atoms with van der Waals surface area (Å²) in [5.74, 6) is 0.591. The van der Waals surface area contributed by atoms with Gasteiger partial charge in [0.2, 0.25) is 0 Å². The second-order valence-corrected chi connectivity index (χ2v) is 6.79. The van der Waals surface area contributed by atoms with Gasteiger partial charge in [-0.1, -0.05) is 12.1 Å². The lowest BCUT2D eigenvalue weighted by atomic mass is 10.1. The van der Waals surface area contributed by atoms with Crippen molar-refractivity contribution in [2.45, 2.75) is 6.42 Å². The van der Waals surface area contributed by atoms with Crippen molar-refractivity contribution in [2.24, 2.45) is 0 Å². The zero-order chi connectivity index (χ0) is 12.3. The highest BCUT2D eigenvalue weighted by molar-refractivity contribution is 7.91. The molecule has 0 aliphatic carbocycles. The van der Waals surface area contributed by atoms with Gasteiger partial charge in [0, 0.05) is 25.3 Å². The Kier molecular flexibility index (Phi) is 3.69. The molecule has 1 saturated heterocycles. The van der Waals surface area contributed by atoms with Crippen molar-refractivity contribution < 1.29 is 8.42 Å². The lowest BCUT2D eigenvalue weighted by Crippen LogP contribution is -2.41. The first-order chi connectivity index (χ1) is 8.05. The van der Waals surface area contributed by atoms with Gasteiger partial charge in [0.1, 0.15) is 0 Å². The molecule has 17 heavy (non-hydrogen) atoms. The van der Waals surface area contributed by atoms with Gasteiger partial charge in [-0.3, -0.25) is 0 Å². The van der Waals surface area contributed by atoms with Crippen molar-refractivity contribution in [3.63, 3.8) is 0 Å². The van der Waals surface area contributed by atoms with Gasteiger partial charge in [0.15, 0.2) is 9.84 Å². The molecule has 0 aromatic heterocycles. The third kappa shape index (κ3) is 3.71. The van der Waals surface area contributed by atoms with Crippen LogP contribution < -0.4 is 5.73 Å². The number of hydrogen-bond acceptors (Lipinski definition) is 4. The minimum Gasteiger partial charge on any atom is -0.399 e. The van der Waals surface area contributed by atoms with Gasteiger partial charge in [-0.25, -0.2) is 8.42 Å². The van der Waals surface area contributed by atoms with E-state index in [-0.39, 0.29) is 0 Å². The van der Waals surface area contributed by atoms with E-state index in [0.29, 0.717) is 24.6 Å². The van der Waals surface area contributed by atoms with E-state index in [9.17, 15) is 8.42 Å². The Balaban J connectivity index is 1.84. The summed E-state index contributed by atoms with van der Waals surface area (Å²) in [6, 6.07) is 7.85. The Morgan fingerprint density at radius 3 is 2.59 bits per heavy atom. The van der Waals surface area contributed by atoms with Crippen molar-refractivity contribution in [2.75, 3.05) is 36.9 Å². The highest BCUT2D eigenvalue weighted by Crippen LogP contribution is 2.09. The van der Waals surface area contributed by atoms with E-state index in [2.05, 4.69) is 11.0 Å². The summed E-state index contributed by atoms with van der Waals surface area (Å²) in [6.07, 6.45) is 0.922. The van der Waals surface area contributed by atoms with Crippen molar-refractivity contribution in [3.05, 3.63) is 29.8 Å². The van der Waals surface area contributed by atoms with Gasteiger partial charge in [-0.2, -0.15) is 0 Å². The van der Waals surface area contributed by atoms with Gasteiger partial charge in [-0.15, -0.1) is 0 Å². The summed E-state index contributed by atoms with van der Waals surface area (Å²) in [4.78, 5) is 2.20. The van der Waals surface area contributed by atoms with E-state index in [1.165, 1.54) is 5.56 Å². The number of hydrogen-bond donors (Lipinski definition) is 1. The fourth-order valence-corrected chi connectivity index (χ4v) is 3.29. The first-order valence-electron chi connectivity index (χ1n) is 5.82. The Bertz CT molecular complexity index is 471. The predicted octanol–water partition coefficient (Wildman–Crippen LogP) is 0.542. The molecule has 94 valence electrons. The molecule has 0 radical (unpaired) electrons. The quantitative estimate of drug-likeness (QED) is 0.800. The van der Waals surface area contributed by atoms with E-state index >= 15 is 0 Å².